The van der Waals surface area contributed by atoms with Gasteiger partial charge in [-0.05, 0) is 12.3 Å². The van der Waals surface area contributed by atoms with Crippen molar-refractivity contribution in [2.24, 2.45) is 4.99 Å². The maximum atomic E-state index is 11.7. The molecule has 0 saturated heterocycles. The Labute approximate surface area is 118 Å². The molecule has 9 heteroatoms. The van der Waals surface area contributed by atoms with E-state index in [1.54, 1.807) is 12.4 Å². The Morgan fingerprint density at radius 2 is 2.30 bits per heavy atom. The van der Waals surface area contributed by atoms with Crippen LogP contribution in [-0.4, -0.2) is 29.4 Å². The van der Waals surface area contributed by atoms with Gasteiger partial charge in [0, 0.05) is 6.07 Å². The van der Waals surface area contributed by atoms with E-state index in [1.807, 2.05) is 0 Å². The zero-order valence-electron chi connectivity index (χ0n) is 10.6. The molecule has 0 unspecified atom stereocenters. The number of hydrogen-bond acceptors (Lipinski definition) is 7. The van der Waals surface area contributed by atoms with E-state index in [0.717, 1.165) is 18.9 Å². The molecule has 0 aliphatic heterocycles. The number of hydrogen-bond donors (Lipinski definition) is 1. The molecule has 0 atom stereocenters. The Kier molecular flexibility index (Phi) is 5.49. The number of amidine groups is 1. The molecular weight excluding hydrogens is 284 g/mol. The van der Waals surface area contributed by atoms with Crippen molar-refractivity contribution < 1.29 is 14.5 Å². The number of benzene rings is 1. The van der Waals surface area contributed by atoms with Crippen molar-refractivity contribution in [3.05, 3.63) is 33.9 Å². The van der Waals surface area contributed by atoms with Gasteiger partial charge in [0.15, 0.2) is 16.9 Å². The fourth-order valence-corrected chi connectivity index (χ4v) is 1.70. The van der Waals surface area contributed by atoms with Crippen LogP contribution < -0.4 is 5.32 Å². The summed E-state index contributed by atoms with van der Waals surface area (Å²) in [5, 5.41) is 22.0. The molecule has 0 aromatic heterocycles. The Balaban J connectivity index is 3.47. The molecule has 0 fully saturated rings. The van der Waals surface area contributed by atoms with Crippen molar-refractivity contribution in [2.75, 3.05) is 13.4 Å². The molecule has 0 aliphatic rings. The lowest BCUT2D eigenvalue weighted by atomic mass is 10.1. The fraction of sp³-hybridized carbons (Fsp3) is 0.182. The summed E-state index contributed by atoms with van der Waals surface area (Å²) in [7, 11) is 1.12. The van der Waals surface area contributed by atoms with Crippen molar-refractivity contribution in [3.63, 3.8) is 0 Å². The SMILES string of the molecule is COC(=O)c1c(N=C(NC#N)SC)cccc1[N+](=O)[O-]. The summed E-state index contributed by atoms with van der Waals surface area (Å²) in [6.45, 7) is 0. The second kappa shape index (κ2) is 7.10. The Hall–Kier alpha value is -2.60. The number of aliphatic imine (C=N–C) groups is 1. The third kappa shape index (κ3) is 3.46. The van der Waals surface area contributed by atoms with Crippen LogP contribution in [0.15, 0.2) is 23.2 Å². The van der Waals surface area contributed by atoms with Gasteiger partial charge in [0.1, 0.15) is 0 Å². The Bertz CT molecular complexity index is 609. The summed E-state index contributed by atoms with van der Waals surface area (Å²) >= 11 is 1.13. The normalized spacial score (nSPS) is 10.6. The first kappa shape index (κ1) is 15.5. The minimum absolute atomic E-state index is 0.0538. The highest BCUT2D eigenvalue weighted by atomic mass is 32.2. The molecule has 0 spiro atoms. The number of nitrogens with zero attached hydrogens (tertiary/aromatic N) is 3. The highest BCUT2D eigenvalue weighted by Crippen LogP contribution is 2.29. The van der Waals surface area contributed by atoms with E-state index >= 15 is 0 Å². The van der Waals surface area contributed by atoms with E-state index in [-0.39, 0.29) is 16.4 Å². The molecular formula is C11H10N4O4S. The van der Waals surface area contributed by atoms with Crippen LogP contribution in [0.4, 0.5) is 11.4 Å². The van der Waals surface area contributed by atoms with Gasteiger partial charge in [-0.2, -0.15) is 5.26 Å². The van der Waals surface area contributed by atoms with Crippen LogP contribution in [0.3, 0.4) is 0 Å². The number of nitro groups is 1. The molecule has 1 rings (SSSR count). The van der Waals surface area contributed by atoms with Gasteiger partial charge in [0.25, 0.3) is 5.69 Å². The molecule has 8 nitrogen and oxygen atoms in total. The summed E-state index contributed by atoms with van der Waals surface area (Å²) in [6, 6.07) is 4.00. The van der Waals surface area contributed by atoms with E-state index < -0.39 is 16.6 Å². The fourth-order valence-electron chi connectivity index (χ4n) is 1.37. The maximum absolute atomic E-state index is 11.7. The predicted octanol–water partition coefficient (Wildman–Crippen LogP) is 1.80. The van der Waals surface area contributed by atoms with Crippen LogP contribution in [0.5, 0.6) is 0 Å². The highest BCUT2D eigenvalue weighted by Gasteiger charge is 2.24. The van der Waals surface area contributed by atoms with E-state index in [1.165, 1.54) is 18.2 Å². The van der Waals surface area contributed by atoms with Crippen LogP contribution in [-0.2, 0) is 4.74 Å². The lowest BCUT2D eigenvalue weighted by Gasteiger charge is -2.06. The third-order valence-corrected chi connectivity index (χ3v) is 2.76. The van der Waals surface area contributed by atoms with Crippen LogP contribution in [0, 0.1) is 21.6 Å². The van der Waals surface area contributed by atoms with Crippen LogP contribution in [0.1, 0.15) is 10.4 Å². The van der Waals surface area contributed by atoms with Crippen molar-refractivity contribution in [2.45, 2.75) is 0 Å². The molecule has 0 bridgehead atoms. The minimum atomic E-state index is -0.867. The topological polar surface area (TPSA) is 118 Å². The number of methoxy groups -OCH3 is 1. The van der Waals surface area contributed by atoms with Gasteiger partial charge < -0.3 is 4.74 Å². The maximum Gasteiger partial charge on any atom is 0.347 e. The van der Waals surface area contributed by atoms with Crippen LogP contribution >= 0.6 is 11.8 Å². The zero-order valence-corrected chi connectivity index (χ0v) is 11.4. The molecule has 1 aromatic carbocycles. The average Bonchev–Trinajstić information content (AvgIpc) is 2.45. The first-order valence-electron chi connectivity index (χ1n) is 5.18. The molecule has 0 saturated carbocycles. The number of nitriles is 1. The zero-order chi connectivity index (χ0) is 15.1. The molecule has 0 heterocycles. The van der Waals surface area contributed by atoms with Gasteiger partial charge in [-0.3, -0.25) is 15.4 Å². The predicted molar refractivity (Wildman–Crippen MR) is 73.8 cm³/mol. The first-order valence-corrected chi connectivity index (χ1v) is 6.41. The Morgan fingerprint density at radius 1 is 1.60 bits per heavy atom. The summed E-state index contributed by atoms with van der Waals surface area (Å²) in [4.78, 5) is 26.0. The van der Waals surface area contributed by atoms with E-state index in [2.05, 4.69) is 15.0 Å². The van der Waals surface area contributed by atoms with Crippen molar-refractivity contribution in [3.8, 4) is 6.19 Å². The van der Waals surface area contributed by atoms with Gasteiger partial charge in [-0.1, -0.05) is 17.8 Å². The lowest BCUT2D eigenvalue weighted by molar-refractivity contribution is -0.385. The second-order valence-corrected chi connectivity index (χ2v) is 4.07. The van der Waals surface area contributed by atoms with Gasteiger partial charge in [-0.25, -0.2) is 9.79 Å². The van der Waals surface area contributed by atoms with E-state index in [9.17, 15) is 14.9 Å². The standard InChI is InChI=1S/C11H10N4O4S/c1-19-10(16)9-7(14-11(20-2)13-6-12)4-3-5-8(9)15(17)18/h3-5H,1-2H3,(H,13,14). The molecule has 104 valence electrons. The largest absolute Gasteiger partial charge is 0.465 e. The second-order valence-electron chi connectivity index (χ2n) is 3.28. The van der Waals surface area contributed by atoms with Gasteiger partial charge >= 0.3 is 5.97 Å². The van der Waals surface area contributed by atoms with Gasteiger partial charge in [0.05, 0.1) is 17.7 Å². The number of carbonyl (C=O) groups excluding carboxylic acids is 1. The van der Waals surface area contributed by atoms with Crippen LogP contribution in [0.2, 0.25) is 0 Å². The number of nitrogens with one attached hydrogen (secondary N) is 1. The van der Waals surface area contributed by atoms with Gasteiger partial charge in [-0.15, -0.1) is 0 Å². The number of ether oxygens (including phenoxy) is 1. The van der Waals surface area contributed by atoms with E-state index in [4.69, 9.17) is 5.26 Å². The summed E-state index contributed by atoms with van der Waals surface area (Å²) in [6.07, 6.45) is 3.35. The average molecular weight is 294 g/mol. The number of nitro benzene ring substituents is 1. The van der Waals surface area contributed by atoms with Crippen molar-refractivity contribution >= 4 is 34.3 Å². The molecule has 0 aliphatic carbocycles. The third-order valence-electron chi connectivity index (χ3n) is 2.18. The van der Waals surface area contributed by atoms with E-state index in [0.29, 0.717) is 0 Å². The first-order chi connectivity index (χ1) is 9.54. The molecule has 1 aromatic rings. The van der Waals surface area contributed by atoms with Crippen molar-refractivity contribution in [1.82, 2.24) is 5.32 Å². The van der Waals surface area contributed by atoms with Crippen LogP contribution in [0.25, 0.3) is 0 Å². The number of esters is 1. The molecule has 20 heavy (non-hydrogen) atoms. The highest BCUT2D eigenvalue weighted by molar-refractivity contribution is 8.13. The molecule has 0 amide bonds. The Morgan fingerprint density at radius 3 is 2.80 bits per heavy atom. The number of rotatable bonds is 3. The molecule has 1 N–H and O–H groups in total. The number of thioether (sulfide) groups is 1. The summed E-state index contributed by atoms with van der Waals surface area (Å²) in [5.74, 6) is -0.867. The summed E-state index contributed by atoms with van der Waals surface area (Å²) in [5.41, 5.74) is -0.611. The lowest BCUT2D eigenvalue weighted by Crippen LogP contribution is -2.13. The number of carbonyl (C=O) groups is 1. The summed E-state index contributed by atoms with van der Waals surface area (Å²) < 4.78 is 4.54. The minimum Gasteiger partial charge on any atom is -0.465 e. The quantitative estimate of drug-likeness (QED) is 0.172. The monoisotopic (exact) mass is 294 g/mol. The van der Waals surface area contributed by atoms with Crippen molar-refractivity contribution in [1.29, 1.82) is 5.26 Å². The molecule has 0 radical (unpaired) electrons. The van der Waals surface area contributed by atoms with Gasteiger partial charge in [0.2, 0.25) is 0 Å². The smallest absolute Gasteiger partial charge is 0.347 e.